The normalized spacial score (nSPS) is 30.2. The highest BCUT2D eigenvalue weighted by molar-refractivity contribution is 4.79. The molecule has 0 amide bonds. The van der Waals surface area contributed by atoms with E-state index in [1.165, 1.54) is 125 Å². The number of nitrogens with zero attached hydrogens (tertiary/aromatic N) is 4. The average molecular weight is 705 g/mol. The lowest BCUT2D eigenvalue weighted by Gasteiger charge is -2.37. The van der Waals surface area contributed by atoms with Crippen LogP contribution < -0.4 is 48.0 Å². The Hall–Kier alpha value is 1.30. The van der Waals surface area contributed by atoms with E-state index >= 15 is 0 Å². The van der Waals surface area contributed by atoms with E-state index < -0.39 is 0 Å². The maximum atomic E-state index is 2.57. The van der Waals surface area contributed by atoms with Crippen molar-refractivity contribution < 1.29 is 56.9 Å². The van der Waals surface area contributed by atoms with Crippen LogP contribution in [-0.4, -0.2) is 112 Å². The van der Waals surface area contributed by atoms with Crippen LogP contribution in [0.25, 0.3) is 0 Å². The smallest absolute Gasteiger partial charge is 0.0785 e. The summed E-state index contributed by atoms with van der Waals surface area (Å²) in [6.45, 7) is 8.24. The van der Waals surface area contributed by atoms with Gasteiger partial charge in [-0.2, -0.15) is 0 Å². The number of quaternary nitrogens is 2. The fraction of sp³-hybridized carbons (Fsp3) is 1.00. The molecule has 0 bridgehead atoms. The van der Waals surface area contributed by atoms with Crippen molar-refractivity contribution in [3.05, 3.63) is 0 Å². The third kappa shape index (κ3) is 11.4. The zero-order chi connectivity index (χ0) is 23.2. The lowest BCUT2D eigenvalue weighted by atomic mass is 9.89. The fourth-order valence-electron chi connectivity index (χ4n) is 6.76. The van der Waals surface area contributed by atoms with Crippen LogP contribution in [-0.2, 0) is 0 Å². The Morgan fingerprint density at radius 2 is 0.853 bits per heavy atom. The molecule has 4 aliphatic heterocycles. The Morgan fingerprint density at radius 1 is 0.529 bits per heavy atom. The summed E-state index contributed by atoms with van der Waals surface area (Å²) in [6.07, 6.45) is 17.5. The predicted octanol–water partition coefficient (Wildman–Crippen LogP) is -1.30. The number of likely N-dealkylation sites (tertiary alicyclic amines) is 4. The van der Waals surface area contributed by atoms with Gasteiger partial charge in [-0.05, 0) is 116 Å². The van der Waals surface area contributed by atoms with E-state index in [1.807, 2.05) is 0 Å². The lowest BCUT2D eigenvalue weighted by molar-refractivity contribution is -0.896. The minimum Gasteiger partial charge on any atom is -1.00 e. The van der Waals surface area contributed by atoms with E-state index in [-0.39, 0.29) is 48.0 Å². The van der Waals surface area contributed by atoms with Crippen LogP contribution in [0, 0.1) is 11.8 Å². The van der Waals surface area contributed by atoms with Gasteiger partial charge in [-0.3, -0.25) is 0 Å². The summed E-state index contributed by atoms with van der Waals surface area (Å²) >= 11 is 0. The molecule has 4 rings (SSSR count). The third-order valence-corrected chi connectivity index (χ3v) is 9.73. The Bertz CT molecular complexity index is 489. The minimum absolute atomic E-state index is 0. The number of piperidine rings is 2. The first-order valence-corrected chi connectivity index (χ1v) is 14.2. The van der Waals surface area contributed by atoms with Gasteiger partial charge in [-0.1, -0.05) is 0 Å². The topological polar surface area (TPSA) is 6.48 Å². The van der Waals surface area contributed by atoms with E-state index in [0.717, 1.165) is 23.9 Å². The predicted molar refractivity (Wildman–Crippen MR) is 139 cm³/mol. The van der Waals surface area contributed by atoms with Gasteiger partial charge in [0, 0.05) is 12.1 Å². The molecule has 4 fully saturated rings. The second-order valence-electron chi connectivity index (χ2n) is 13.4. The van der Waals surface area contributed by atoms with E-state index in [2.05, 4.69) is 52.1 Å². The van der Waals surface area contributed by atoms with Crippen molar-refractivity contribution in [2.24, 2.45) is 11.8 Å². The molecule has 4 aliphatic rings. The zero-order valence-corrected chi connectivity index (χ0v) is 27.9. The first-order valence-electron chi connectivity index (χ1n) is 14.2. The highest BCUT2D eigenvalue weighted by Crippen LogP contribution is 2.29. The molecule has 2 atom stereocenters. The first-order chi connectivity index (χ1) is 15.1. The Labute approximate surface area is 247 Å². The van der Waals surface area contributed by atoms with Gasteiger partial charge in [-0.15, -0.1) is 0 Å². The molecule has 0 aromatic heterocycles. The van der Waals surface area contributed by atoms with Crippen LogP contribution in [0.1, 0.15) is 77.0 Å². The van der Waals surface area contributed by atoms with Crippen LogP contribution in [0.3, 0.4) is 0 Å². The van der Waals surface area contributed by atoms with Crippen LogP contribution in [0.15, 0.2) is 0 Å². The SMILES string of the molecule is CN1CCCC1CCC1CC[N+](C)(C)CC1.CN1CCCC1CCC1CC[N+](C)(C)CC1.[I-].[I-]. The number of rotatable bonds is 6. The van der Waals surface area contributed by atoms with Crippen LogP contribution in [0.4, 0.5) is 0 Å². The van der Waals surface area contributed by atoms with Gasteiger partial charge in [0.2, 0.25) is 0 Å². The van der Waals surface area contributed by atoms with Gasteiger partial charge in [0.15, 0.2) is 0 Å². The van der Waals surface area contributed by atoms with Gasteiger partial charge in [-0.25, -0.2) is 0 Å². The summed E-state index contributed by atoms with van der Waals surface area (Å²) in [5.74, 6) is 2.06. The molecule has 0 aromatic carbocycles. The largest absolute Gasteiger partial charge is 1.00 e. The Kier molecular flexibility index (Phi) is 15.3. The molecule has 4 saturated heterocycles. The maximum Gasteiger partial charge on any atom is 0.0785 e. The van der Waals surface area contributed by atoms with E-state index in [9.17, 15) is 0 Å². The van der Waals surface area contributed by atoms with Crippen molar-refractivity contribution in [3.63, 3.8) is 0 Å². The molecule has 0 aromatic rings. The average Bonchev–Trinajstić information content (AvgIpc) is 3.34. The van der Waals surface area contributed by atoms with E-state index in [4.69, 9.17) is 0 Å². The first kappa shape index (κ1) is 33.3. The van der Waals surface area contributed by atoms with Crippen molar-refractivity contribution >= 4 is 0 Å². The second-order valence-corrected chi connectivity index (χ2v) is 13.4. The molecule has 204 valence electrons. The molecule has 0 spiro atoms. The highest BCUT2D eigenvalue weighted by atomic mass is 127. The Morgan fingerprint density at radius 3 is 1.12 bits per heavy atom. The van der Waals surface area contributed by atoms with Crippen molar-refractivity contribution in [1.29, 1.82) is 0 Å². The second kappa shape index (κ2) is 15.6. The van der Waals surface area contributed by atoms with Crippen molar-refractivity contribution in [3.8, 4) is 0 Å². The van der Waals surface area contributed by atoms with Crippen LogP contribution >= 0.6 is 0 Å². The fourth-order valence-corrected chi connectivity index (χ4v) is 6.76. The summed E-state index contributed by atoms with van der Waals surface area (Å²) in [6, 6.07) is 1.81. The monoisotopic (exact) mass is 704 g/mol. The molecule has 0 aliphatic carbocycles. The molecular formula is C28H58I2N4. The third-order valence-electron chi connectivity index (χ3n) is 9.73. The summed E-state index contributed by atoms with van der Waals surface area (Å²) in [5, 5.41) is 0. The molecule has 0 N–H and O–H groups in total. The molecule has 4 nitrogen and oxygen atoms in total. The van der Waals surface area contributed by atoms with Crippen molar-refractivity contribution in [2.45, 2.75) is 89.1 Å². The van der Waals surface area contributed by atoms with Gasteiger partial charge < -0.3 is 66.7 Å². The van der Waals surface area contributed by atoms with Crippen molar-refractivity contribution in [1.82, 2.24) is 9.80 Å². The molecule has 6 heteroatoms. The van der Waals surface area contributed by atoms with Gasteiger partial charge in [0.25, 0.3) is 0 Å². The molecule has 0 radical (unpaired) electrons. The summed E-state index contributed by atoms with van der Waals surface area (Å²) in [7, 11) is 14.1. The number of hydrogen-bond acceptors (Lipinski definition) is 2. The zero-order valence-electron chi connectivity index (χ0n) is 23.6. The summed E-state index contributed by atoms with van der Waals surface area (Å²) in [4.78, 5) is 5.14. The van der Waals surface area contributed by atoms with Gasteiger partial charge in [0.1, 0.15) is 0 Å². The minimum atomic E-state index is 0. The molecule has 0 saturated carbocycles. The molecule has 2 unspecified atom stereocenters. The quantitative estimate of drug-likeness (QED) is 0.251. The van der Waals surface area contributed by atoms with Crippen molar-refractivity contribution in [2.75, 3.05) is 81.6 Å². The van der Waals surface area contributed by atoms with E-state index in [1.54, 1.807) is 0 Å². The van der Waals surface area contributed by atoms with Crippen LogP contribution in [0.2, 0.25) is 0 Å². The Balaban J connectivity index is 0.000000321. The summed E-state index contributed by atoms with van der Waals surface area (Å²) in [5.41, 5.74) is 0. The maximum absolute atomic E-state index is 2.57. The standard InChI is InChI=1S/2C14H29N2.2HI/c2*1-15-10-4-5-14(15)7-6-13-8-11-16(2,3)12-9-13;;/h2*13-14H,4-12H2,1-3H3;2*1H/q2*+1;;/p-2. The molecule has 34 heavy (non-hydrogen) atoms. The van der Waals surface area contributed by atoms with Gasteiger partial charge >= 0.3 is 0 Å². The van der Waals surface area contributed by atoms with Crippen LogP contribution in [0.5, 0.6) is 0 Å². The summed E-state index contributed by atoms with van der Waals surface area (Å²) < 4.78 is 2.50. The van der Waals surface area contributed by atoms with E-state index in [0.29, 0.717) is 0 Å². The molecular weight excluding hydrogens is 646 g/mol. The molecule has 4 heterocycles. The van der Waals surface area contributed by atoms with Gasteiger partial charge in [0.05, 0.1) is 54.4 Å². The number of hydrogen-bond donors (Lipinski definition) is 0. The lowest BCUT2D eigenvalue weighted by Crippen LogP contribution is -3.00. The highest BCUT2D eigenvalue weighted by Gasteiger charge is 2.29. The number of halogens is 2.